The van der Waals surface area contributed by atoms with E-state index in [9.17, 15) is 5.11 Å². The lowest BCUT2D eigenvalue weighted by molar-refractivity contribution is 0.222. The number of benzene rings is 1. The van der Waals surface area contributed by atoms with Crippen molar-refractivity contribution in [1.29, 1.82) is 0 Å². The van der Waals surface area contributed by atoms with Gasteiger partial charge in [0.2, 0.25) is 0 Å². The number of rotatable bonds is 4. The maximum Gasteiger partial charge on any atom is 0.0702 e. The highest BCUT2D eigenvalue weighted by molar-refractivity contribution is 6.33. The molecule has 2 rings (SSSR count). The Bertz CT molecular complexity index is 445. The molecule has 0 fully saturated rings. The first-order valence-corrected chi connectivity index (χ1v) is 6.44. The fourth-order valence-electron chi connectivity index (χ4n) is 2.27. The number of aliphatic hydroxyl groups is 1. The van der Waals surface area contributed by atoms with Crippen molar-refractivity contribution in [3.05, 3.63) is 40.4 Å². The van der Waals surface area contributed by atoms with Gasteiger partial charge in [-0.1, -0.05) is 29.8 Å². The number of para-hydroxylation sites is 1. The molecule has 1 aliphatic rings. The molecule has 0 aromatic heterocycles. The molecule has 0 amide bonds. The van der Waals surface area contributed by atoms with Gasteiger partial charge in [0.05, 0.1) is 23.9 Å². The number of nitrogens with zero attached hydrogens (tertiary/aromatic N) is 1. The van der Waals surface area contributed by atoms with E-state index < -0.39 is 0 Å². The molecule has 0 spiro atoms. The summed E-state index contributed by atoms with van der Waals surface area (Å²) in [5.41, 5.74) is 3.16. The Kier molecular flexibility index (Phi) is 4.64. The van der Waals surface area contributed by atoms with Gasteiger partial charge >= 0.3 is 0 Å². The fraction of sp³-hybridized carbons (Fsp3) is 0.429. The molecule has 1 N–H and O–H groups in total. The monoisotopic (exact) mass is 267 g/mol. The first-order valence-electron chi connectivity index (χ1n) is 6.06. The zero-order chi connectivity index (χ0) is 13.0. The standard InChI is InChI=1S/C14H18ClNO2/c1-18-10-11-5-7-16(8-6-11)14-12(9-17)3-2-4-13(14)15/h2-5,17H,6-10H2,1H3. The van der Waals surface area contributed by atoms with Gasteiger partial charge in [-0.25, -0.2) is 0 Å². The van der Waals surface area contributed by atoms with E-state index >= 15 is 0 Å². The Morgan fingerprint density at radius 2 is 2.28 bits per heavy atom. The second kappa shape index (κ2) is 6.23. The van der Waals surface area contributed by atoms with Crippen LogP contribution in [0.2, 0.25) is 5.02 Å². The van der Waals surface area contributed by atoms with Crippen LogP contribution in [0.5, 0.6) is 0 Å². The minimum absolute atomic E-state index is 0.0149. The van der Waals surface area contributed by atoms with Gasteiger partial charge in [-0.2, -0.15) is 0 Å². The average Bonchev–Trinajstić information content (AvgIpc) is 2.40. The van der Waals surface area contributed by atoms with Gasteiger partial charge < -0.3 is 14.7 Å². The van der Waals surface area contributed by atoms with Crippen LogP contribution in [-0.2, 0) is 11.3 Å². The van der Waals surface area contributed by atoms with Crippen molar-refractivity contribution in [1.82, 2.24) is 0 Å². The topological polar surface area (TPSA) is 32.7 Å². The average molecular weight is 268 g/mol. The quantitative estimate of drug-likeness (QED) is 0.852. The van der Waals surface area contributed by atoms with Crippen molar-refractivity contribution in [2.45, 2.75) is 13.0 Å². The molecule has 1 aromatic rings. The number of hydrogen-bond donors (Lipinski definition) is 1. The molecular weight excluding hydrogens is 250 g/mol. The number of aliphatic hydroxyl groups excluding tert-OH is 1. The minimum Gasteiger partial charge on any atom is -0.392 e. The molecular formula is C14H18ClNO2. The summed E-state index contributed by atoms with van der Waals surface area (Å²) in [6.07, 6.45) is 3.15. The zero-order valence-corrected chi connectivity index (χ0v) is 11.3. The summed E-state index contributed by atoms with van der Waals surface area (Å²) in [5.74, 6) is 0. The second-order valence-electron chi connectivity index (χ2n) is 4.40. The molecule has 1 aromatic carbocycles. The fourth-order valence-corrected chi connectivity index (χ4v) is 2.59. The third-order valence-corrected chi connectivity index (χ3v) is 3.49. The molecule has 0 bridgehead atoms. The molecule has 0 saturated carbocycles. The Morgan fingerprint density at radius 3 is 2.89 bits per heavy atom. The number of ether oxygens (including phenoxy) is 1. The van der Waals surface area contributed by atoms with Gasteiger partial charge in [-0.05, 0) is 18.1 Å². The normalized spacial score (nSPS) is 15.7. The SMILES string of the molecule is COCC1=CCN(c2c(Cl)cccc2CO)CC1. The molecule has 0 saturated heterocycles. The van der Waals surface area contributed by atoms with E-state index in [2.05, 4.69) is 11.0 Å². The Hall–Kier alpha value is -1.03. The molecule has 0 aliphatic carbocycles. The largest absolute Gasteiger partial charge is 0.392 e. The summed E-state index contributed by atoms with van der Waals surface area (Å²) in [6.45, 7) is 2.44. The van der Waals surface area contributed by atoms with Gasteiger partial charge in [0.25, 0.3) is 0 Å². The number of halogens is 1. The highest BCUT2D eigenvalue weighted by Crippen LogP contribution is 2.31. The van der Waals surface area contributed by atoms with Gasteiger partial charge in [0, 0.05) is 25.8 Å². The van der Waals surface area contributed by atoms with E-state index in [-0.39, 0.29) is 6.61 Å². The summed E-state index contributed by atoms with van der Waals surface area (Å²) >= 11 is 6.24. The van der Waals surface area contributed by atoms with Crippen molar-refractivity contribution in [2.24, 2.45) is 0 Å². The highest BCUT2D eigenvalue weighted by Gasteiger charge is 2.17. The van der Waals surface area contributed by atoms with Crippen LogP contribution in [0.15, 0.2) is 29.8 Å². The summed E-state index contributed by atoms with van der Waals surface area (Å²) < 4.78 is 5.14. The predicted molar refractivity (Wildman–Crippen MR) is 74.2 cm³/mol. The van der Waals surface area contributed by atoms with E-state index in [0.717, 1.165) is 30.8 Å². The first kappa shape index (κ1) is 13.4. The first-order chi connectivity index (χ1) is 8.76. The molecule has 3 nitrogen and oxygen atoms in total. The molecule has 0 radical (unpaired) electrons. The second-order valence-corrected chi connectivity index (χ2v) is 4.80. The molecule has 4 heteroatoms. The van der Waals surface area contributed by atoms with Crippen LogP contribution < -0.4 is 4.90 Å². The summed E-state index contributed by atoms with van der Waals surface area (Å²) in [6, 6.07) is 5.65. The molecule has 98 valence electrons. The van der Waals surface area contributed by atoms with Gasteiger partial charge in [0.1, 0.15) is 0 Å². The maximum atomic E-state index is 9.39. The predicted octanol–water partition coefficient (Wildman–Crippen LogP) is 2.62. The Morgan fingerprint density at radius 1 is 1.44 bits per heavy atom. The van der Waals surface area contributed by atoms with Crippen LogP contribution in [0, 0.1) is 0 Å². The highest BCUT2D eigenvalue weighted by atomic mass is 35.5. The van der Waals surface area contributed by atoms with E-state index in [1.807, 2.05) is 18.2 Å². The van der Waals surface area contributed by atoms with Crippen LogP contribution in [-0.4, -0.2) is 31.9 Å². The number of hydrogen-bond acceptors (Lipinski definition) is 3. The van der Waals surface area contributed by atoms with Crippen LogP contribution in [0.3, 0.4) is 0 Å². The van der Waals surface area contributed by atoms with Crippen LogP contribution >= 0.6 is 11.6 Å². The third kappa shape index (κ3) is 2.86. The Labute approximate surface area is 113 Å². The molecule has 1 aliphatic heterocycles. The van der Waals surface area contributed by atoms with E-state index in [0.29, 0.717) is 11.6 Å². The molecule has 0 atom stereocenters. The van der Waals surface area contributed by atoms with Crippen molar-refractivity contribution in [3.63, 3.8) is 0 Å². The smallest absolute Gasteiger partial charge is 0.0702 e. The maximum absolute atomic E-state index is 9.39. The van der Waals surface area contributed by atoms with Crippen LogP contribution in [0.1, 0.15) is 12.0 Å². The molecule has 18 heavy (non-hydrogen) atoms. The summed E-state index contributed by atoms with van der Waals surface area (Å²) in [7, 11) is 1.71. The van der Waals surface area contributed by atoms with E-state index in [1.165, 1.54) is 5.57 Å². The van der Waals surface area contributed by atoms with E-state index in [1.54, 1.807) is 7.11 Å². The lowest BCUT2D eigenvalue weighted by Gasteiger charge is -2.30. The van der Waals surface area contributed by atoms with Crippen molar-refractivity contribution < 1.29 is 9.84 Å². The van der Waals surface area contributed by atoms with E-state index in [4.69, 9.17) is 16.3 Å². The van der Waals surface area contributed by atoms with Gasteiger partial charge in [-0.3, -0.25) is 0 Å². The van der Waals surface area contributed by atoms with Crippen LogP contribution in [0.25, 0.3) is 0 Å². The van der Waals surface area contributed by atoms with Crippen molar-refractivity contribution in [3.8, 4) is 0 Å². The number of methoxy groups -OCH3 is 1. The zero-order valence-electron chi connectivity index (χ0n) is 10.5. The third-order valence-electron chi connectivity index (χ3n) is 3.19. The minimum atomic E-state index is 0.0149. The van der Waals surface area contributed by atoms with Crippen molar-refractivity contribution in [2.75, 3.05) is 31.7 Å². The lowest BCUT2D eigenvalue weighted by atomic mass is 10.1. The number of anilines is 1. The van der Waals surface area contributed by atoms with Gasteiger partial charge in [0.15, 0.2) is 0 Å². The molecule has 0 unspecified atom stereocenters. The lowest BCUT2D eigenvalue weighted by Crippen LogP contribution is -2.30. The summed E-state index contributed by atoms with van der Waals surface area (Å²) in [5, 5.41) is 10.1. The van der Waals surface area contributed by atoms with Gasteiger partial charge in [-0.15, -0.1) is 0 Å². The molecule has 1 heterocycles. The summed E-state index contributed by atoms with van der Waals surface area (Å²) in [4.78, 5) is 2.20. The van der Waals surface area contributed by atoms with Crippen molar-refractivity contribution >= 4 is 17.3 Å². The van der Waals surface area contributed by atoms with Crippen LogP contribution in [0.4, 0.5) is 5.69 Å². The Balaban J connectivity index is 2.19.